The first-order valence-corrected chi connectivity index (χ1v) is 7.58. The van der Waals surface area contributed by atoms with Gasteiger partial charge >= 0.3 is 0 Å². The van der Waals surface area contributed by atoms with Gasteiger partial charge in [0.05, 0.1) is 17.5 Å². The molecule has 0 saturated carbocycles. The number of carbonyl (C=O) groups excluding carboxylic acids is 1. The van der Waals surface area contributed by atoms with E-state index in [1.165, 1.54) is 0 Å². The average Bonchev–Trinajstić information content (AvgIpc) is 2.92. The molecule has 0 fully saturated rings. The van der Waals surface area contributed by atoms with Crippen LogP contribution in [0.2, 0.25) is 0 Å². The molecule has 1 aromatic carbocycles. The van der Waals surface area contributed by atoms with Crippen LogP contribution in [0.1, 0.15) is 26.3 Å². The van der Waals surface area contributed by atoms with E-state index < -0.39 is 5.41 Å². The van der Waals surface area contributed by atoms with Crippen molar-refractivity contribution in [1.29, 1.82) is 5.26 Å². The van der Waals surface area contributed by atoms with Gasteiger partial charge in [0, 0.05) is 21.0 Å². The van der Waals surface area contributed by atoms with Crippen molar-refractivity contribution in [1.82, 2.24) is 10.2 Å². The zero-order valence-corrected chi connectivity index (χ0v) is 14.2. The number of rotatable bonds is 3. The molecule has 0 aliphatic carbocycles. The summed E-state index contributed by atoms with van der Waals surface area (Å²) in [6, 6.07) is 9.72. The second-order valence-corrected chi connectivity index (χ2v) is 6.87. The normalized spacial score (nSPS) is 12.0. The third kappa shape index (κ3) is 3.52. The van der Waals surface area contributed by atoms with Crippen LogP contribution in [-0.4, -0.2) is 16.0 Å². The standard InChI is InChI=1S/C17H16BrN3O/c1-17(2,3)16(22)12(9-19)8-13-10-20-21-15(13)11-4-6-14(18)7-5-11/h4-8,10H,1-3H3,(H,20,21)/b12-8-. The Morgan fingerprint density at radius 3 is 2.50 bits per heavy atom. The van der Waals surface area contributed by atoms with Gasteiger partial charge in [-0.05, 0) is 18.2 Å². The van der Waals surface area contributed by atoms with Gasteiger partial charge < -0.3 is 0 Å². The first-order valence-electron chi connectivity index (χ1n) is 6.79. The molecular formula is C17H16BrN3O. The Bertz CT molecular complexity index is 758. The van der Waals surface area contributed by atoms with E-state index in [9.17, 15) is 10.1 Å². The summed E-state index contributed by atoms with van der Waals surface area (Å²) in [5.74, 6) is -0.182. The van der Waals surface area contributed by atoms with Crippen molar-refractivity contribution in [3.05, 3.63) is 46.1 Å². The van der Waals surface area contributed by atoms with Gasteiger partial charge in [0.2, 0.25) is 0 Å². The average molecular weight is 358 g/mol. The summed E-state index contributed by atoms with van der Waals surface area (Å²) in [4.78, 5) is 12.3. The molecule has 0 saturated heterocycles. The number of nitrogens with one attached hydrogen (secondary N) is 1. The lowest BCUT2D eigenvalue weighted by molar-refractivity contribution is -0.121. The monoisotopic (exact) mass is 357 g/mol. The van der Waals surface area contributed by atoms with E-state index in [4.69, 9.17) is 0 Å². The maximum absolute atomic E-state index is 12.3. The molecule has 0 aliphatic rings. The molecule has 1 heterocycles. The van der Waals surface area contributed by atoms with Crippen molar-refractivity contribution in [2.24, 2.45) is 5.41 Å². The minimum atomic E-state index is -0.594. The first kappa shape index (κ1) is 16.2. The Kier molecular flexibility index (Phi) is 4.62. The number of allylic oxidation sites excluding steroid dienone is 1. The van der Waals surface area contributed by atoms with Gasteiger partial charge in [0.25, 0.3) is 0 Å². The van der Waals surface area contributed by atoms with E-state index in [0.29, 0.717) is 0 Å². The Balaban J connectivity index is 2.45. The third-order valence-corrected chi connectivity index (χ3v) is 3.68. The maximum Gasteiger partial charge on any atom is 0.178 e. The van der Waals surface area contributed by atoms with Crippen LogP contribution in [0, 0.1) is 16.7 Å². The molecule has 0 aliphatic heterocycles. The van der Waals surface area contributed by atoms with Crippen molar-refractivity contribution in [3.8, 4) is 17.3 Å². The molecular weight excluding hydrogens is 342 g/mol. The minimum absolute atomic E-state index is 0.132. The summed E-state index contributed by atoms with van der Waals surface area (Å²) in [6.45, 7) is 5.39. The Hall–Kier alpha value is -2.19. The van der Waals surface area contributed by atoms with Gasteiger partial charge in [-0.3, -0.25) is 9.89 Å². The molecule has 112 valence electrons. The lowest BCUT2D eigenvalue weighted by Crippen LogP contribution is -2.21. The molecule has 1 N–H and O–H groups in total. The summed E-state index contributed by atoms with van der Waals surface area (Å²) >= 11 is 3.39. The highest BCUT2D eigenvalue weighted by atomic mass is 79.9. The Morgan fingerprint density at radius 1 is 1.32 bits per heavy atom. The lowest BCUT2D eigenvalue weighted by atomic mass is 9.86. The molecule has 5 heteroatoms. The summed E-state index contributed by atoms with van der Waals surface area (Å²) < 4.78 is 0.980. The van der Waals surface area contributed by atoms with Crippen LogP contribution in [0.5, 0.6) is 0 Å². The van der Waals surface area contributed by atoms with Gasteiger partial charge in [-0.25, -0.2) is 0 Å². The zero-order chi connectivity index (χ0) is 16.3. The van der Waals surface area contributed by atoms with E-state index >= 15 is 0 Å². The molecule has 0 unspecified atom stereocenters. The van der Waals surface area contributed by atoms with Crippen molar-refractivity contribution >= 4 is 27.8 Å². The smallest absolute Gasteiger partial charge is 0.178 e. The fourth-order valence-corrected chi connectivity index (χ4v) is 2.23. The topological polar surface area (TPSA) is 69.5 Å². The number of aromatic amines is 1. The maximum atomic E-state index is 12.3. The van der Waals surface area contributed by atoms with E-state index in [2.05, 4.69) is 26.1 Å². The summed E-state index contributed by atoms with van der Waals surface area (Å²) in [5, 5.41) is 16.2. The van der Waals surface area contributed by atoms with Gasteiger partial charge in [-0.2, -0.15) is 10.4 Å². The fourth-order valence-electron chi connectivity index (χ4n) is 1.96. The summed E-state index contributed by atoms with van der Waals surface area (Å²) in [7, 11) is 0. The van der Waals surface area contributed by atoms with Crippen LogP contribution in [0.25, 0.3) is 17.3 Å². The van der Waals surface area contributed by atoms with Crippen molar-refractivity contribution in [2.75, 3.05) is 0 Å². The summed E-state index contributed by atoms with van der Waals surface area (Å²) in [6.07, 6.45) is 3.21. The van der Waals surface area contributed by atoms with Gasteiger partial charge in [0.1, 0.15) is 6.07 Å². The molecule has 22 heavy (non-hydrogen) atoms. The van der Waals surface area contributed by atoms with Crippen LogP contribution >= 0.6 is 15.9 Å². The highest BCUT2D eigenvalue weighted by Crippen LogP contribution is 2.26. The Labute approximate surface area is 138 Å². The molecule has 2 rings (SSSR count). The number of nitrogens with zero attached hydrogens (tertiary/aromatic N) is 2. The van der Waals surface area contributed by atoms with E-state index in [0.717, 1.165) is 21.3 Å². The number of nitriles is 1. The number of aromatic nitrogens is 2. The van der Waals surface area contributed by atoms with E-state index in [1.54, 1.807) is 33.0 Å². The van der Waals surface area contributed by atoms with Crippen molar-refractivity contribution in [3.63, 3.8) is 0 Å². The first-order chi connectivity index (χ1) is 10.3. The van der Waals surface area contributed by atoms with Gasteiger partial charge in [-0.15, -0.1) is 0 Å². The molecule has 2 aromatic rings. The predicted octanol–water partition coefficient (Wildman–Crippen LogP) is 4.36. The SMILES string of the molecule is CC(C)(C)C(=O)/C(C#N)=C\c1cn[nH]c1-c1ccc(Br)cc1. The van der Waals surface area contributed by atoms with Crippen LogP contribution in [0.15, 0.2) is 40.5 Å². The highest BCUT2D eigenvalue weighted by molar-refractivity contribution is 9.10. The van der Waals surface area contributed by atoms with E-state index in [-0.39, 0.29) is 11.4 Å². The largest absolute Gasteiger partial charge is 0.293 e. The number of H-pyrrole nitrogens is 1. The molecule has 0 radical (unpaired) electrons. The minimum Gasteiger partial charge on any atom is -0.293 e. The fraction of sp³-hybridized carbons (Fsp3) is 0.235. The van der Waals surface area contributed by atoms with Gasteiger partial charge in [0.15, 0.2) is 5.78 Å². The van der Waals surface area contributed by atoms with E-state index in [1.807, 2.05) is 30.3 Å². The molecule has 0 spiro atoms. The number of ketones is 1. The van der Waals surface area contributed by atoms with Crippen LogP contribution in [-0.2, 0) is 4.79 Å². The lowest BCUT2D eigenvalue weighted by Gasteiger charge is -2.15. The number of carbonyl (C=O) groups is 1. The number of Topliss-reactive ketones (excluding diaryl/α,β-unsaturated/α-hetero) is 1. The zero-order valence-electron chi connectivity index (χ0n) is 12.6. The van der Waals surface area contributed by atoms with Crippen LogP contribution in [0.3, 0.4) is 0 Å². The number of halogens is 1. The molecule has 0 bridgehead atoms. The molecule has 0 amide bonds. The molecule has 1 aromatic heterocycles. The number of hydrogen-bond donors (Lipinski definition) is 1. The quantitative estimate of drug-likeness (QED) is 0.655. The third-order valence-electron chi connectivity index (χ3n) is 3.15. The van der Waals surface area contributed by atoms with Crippen molar-refractivity contribution in [2.45, 2.75) is 20.8 Å². The molecule has 0 atom stereocenters. The highest BCUT2D eigenvalue weighted by Gasteiger charge is 2.25. The second kappa shape index (κ2) is 6.29. The second-order valence-electron chi connectivity index (χ2n) is 5.96. The Morgan fingerprint density at radius 2 is 1.95 bits per heavy atom. The van der Waals surface area contributed by atoms with Crippen LogP contribution in [0.4, 0.5) is 0 Å². The van der Waals surface area contributed by atoms with Crippen molar-refractivity contribution < 1.29 is 4.79 Å². The predicted molar refractivity (Wildman–Crippen MR) is 89.8 cm³/mol. The van der Waals surface area contributed by atoms with Gasteiger partial charge in [-0.1, -0.05) is 48.8 Å². The molecule has 4 nitrogen and oxygen atoms in total. The van der Waals surface area contributed by atoms with Crippen LogP contribution < -0.4 is 0 Å². The number of hydrogen-bond acceptors (Lipinski definition) is 3. The summed E-state index contributed by atoms with van der Waals surface area (Å²) in [5.41, 5.74) is 1.97. The number of benzene rings is 1.